The Balaban J connectivity index is 1.57. The number of likely N-dealkylation sites (tertiary alicyclic amines) is 1. The second-order valence-electron chi connectivity index (χ2n) is 5.88. The lowest BCUT2D eigenvalue weighted by atomic mass is 10.0. The molecule has 0 aromatic carbocycles. The molecule has 1 aromatic heterocycles. The molecule has 3 rings (SSSR count). The minimum atomic E-state index is -3.01. The molecule has 1 atom stereocenters. The molecule has 2 N–H and O–H groups in total. The molecule has 8 heteroatoms. The number of carbonyl (C=O) groups is 1. The molecule has 0 spiro atoms. The second kappa shape index (κ2) is 5.32. The molecule has 0 radical (unpaired) electrons. The predicted molar refractivity (Wildman–Crippen MR) is 78.3 cm³/mol. The first-order valence-corrected chi connectivity index (χ1v) is 9.06. The number of hydrogen-bond donors (Lipinski definition) is 1. The number of piperidine rings is 1. The highest BCUT2D eigenvalue weighted by atomic mass is 32.2. The van der Waals surface area contributed by atoms with Crippen molar-refractivity contribution in [2.45, 2.75) is 25.3 Å². The smallest absolute Gasteiger partial charge is 0.226 e. The van der Waals surface area contributed by atoms with Crippen molar-refractivity contribution in [3.63, 3.8) is 0 Å². The van der Waals surface area contributed by atoms with Gasteiger partial charge in [0, 0.05) is 19.3 Å². The summed E-state index contributed by atoms with van der Waals surface area (Å²) < 4.78 is 24.8. The Hall–Kier alpha value is -1.57. The third-order valence-corrected chi connectivity index (χ3v) is 6.13. The summed E-state index contributed by atoms with van der Waals surface area (Å²) in [6.07, 6.45) is 3.98. The molecule has 0 saturated carbocycles. The van der Waals surface area contributed by atoms with Gasteiger partial charge in [0.1, 0.15) is 5.82 Å². The van der Waals surface area contributed by atoms with E-state index in [0.29, 0.717) is 25.3 Å². The van der Waals surface area contributed by atoms with Gasteiger partial charge in [-0.1, -0.05) is 0 Å². The Morgan fingerprint density at radius 1 is 1.29 bits per heavy atom. The van der Waals surface area contributed by atoms with Gasteiger partial charge in [-0.25, -0.2) is 8.42 Å². The summed E-state index contributed by atoms with van der Waals surface area (Å²) in [5.74, 6) is 0.319. The van der Waals surface area contributed by atoms with E-state index >= 15 is 0 Å². The summed E-state index contributed by atoms with van der Waals surface area (Å²) in [5, 5.41) is 4.21. The number of sulfone groups is 1. The lowest BCUT2D eigenvalue weighted by Gasteiger charge is -2.33. The summed E-state index contributed by atoms with van der Waals surface area (Å²) in [5.41, 5.74) is 5.62. The van der Waals surface area contributed by atoms with Gasteiger partial charge in [0.2, 0.25) is 5.91 Å². The number of carbonyl (C=O) groups excluding carboxylic acids is 1. The molecule has 0 bridgehead atoms. The van der Waals surface area contributed by atoms with Crippen LogP contribution in [0.3, 0.4) is 0 Å². The molecular formula is C13H20N4O3S. The summed E-state index contributed by atoms with van der Waals surface area (Å²) >= 11 is 0. The largest absolute Gasteiger partial charge is 0.382 e. The number of nitrogens with zero attached hydrogens (tertiary/aromatic N) is 3. The van der Waals surface area contributed by atoms with Crippen molar-refractivity contribution in [1.29, 1.82) is 0 Å². The van der Waals surface area contributed by atoms with Gasteiger partial charge in [0.15, 0.2) is 9.84 Å². The molecule has 2 saturated heterocycles. The summed E-state index contributed by atoms with van der Waals surface area (Å²) in [6.45, 7) is 1.31. The van der Waals surface area contributed by atoms with Gasteiger partial charge in [0.25, 0.3) is 0 Å². The molecule has 1 aromatic rings. The Morgan fingerprint density at radius 2 is 2.00 bits per heavy atom. The maximum atomic E-state index is 12.4. The van der Waals surface area contributed by atoms with Gasteiger partial charge in [-0.3, -0.25) is 9.48 Å². The monoisotopic (exact) mass is 312 g/mol. The normalized spacial score (nSPS) is 26.1. The van der Waals surface area contributed by atoms with E-state index in [1.807, 2.05) is 10.9 Å². The molecule has 2 aliphatic heterocycles. The van der Waals surface area contributed by atoms with Crippen molar-refractivity contribution in [1.82, 2.24) is 14.7 Å². The third-order valence-electron chi connectivity index (χ3n) is 4.36. The van der Waals surface area contributed by atoms with E-state index in [0.717, 1.165) is 12.8 Å². The third kappa shape index (κ3) is 3.04. The van der Waals surface area contributed by atoms with E-state index in [1.54, 1.807) is 11.0 Å². The number of hydrogen-bond acceptors (Lipinski definition) is 5. The maximum absolute atomic E-state index is 12.4. The van der Waals surface area contributed by atoms with Crippen LogP contribution in [0.1, 0.15) is 25.3 Å². The number of nitrogen functional groups attached to an aromatic ring is 1. The van der Waals surface area contributed by atoms with Crippen molar-refractivity contribution >= 4 is 21.6 Å². The van der Waals surface area contributed by atoms with Crippen molar-refractivity contribution in [3.8, 4) is 0 Å². The van der Waals surface area contributed by atoms with Crippen LogP contribution in [0.2, 0.25) is 0 Å². The molecule has 3 heterocycles. The highest BCUT2D eigenvalue weighted by Crippen LogP contribution is 2.26. The highest BCUT2D eigenvalue weighted by Gasteiger charge is 2.36. The van der Waals surface area contributed by atoms with Crippen LogP contribution in [0.5, 0.6) is 0 Å². The van der Waals surface area contributed by atoms with Crippen LogP contribution in [-0.2, 0) is 14.6 Å². The van der Waals surface area contributed by atoms with Crippen molar-refractivity contribution in [3.05, 3.63) is 12.3 Å². The van der Waals surface area contributed by atoms with Gasteiger partial charge >= 0.3 is 0 Å². The maximum Gasteiger partial charge on any atom is 0.226 e. The molecule has 21 heavy (non-hydrogen) atoms. The van der Waals surface area contributed by atoms with Crippen LogP contribution < -0.4 is 5.73 Å². The predicted octanol–water partition coefficient (Wildman–Crippen LogP) is 0.0635. The quantitative estimate of drug-likeness (QED) is 0.833. The summed E-state index contributed by atoms with van der Waals surface area (Å²) in [4.78, 5) is 14.2. The fraction of sp³-hybridized carbons (Fsp3) is 0.692. The Morgan fingerprint density at radius 3 is 2.52 bits per heavy atom. The van der Waals surface area contributed by atoms with Gasteiger partial charge < -0.3 is 10.6 Å². The summed E-state index contributed by atoms with van der Waals surface area (Å²) in [6, 6.07) is 2.03. The van der Waals surface area contributed by atoms with Gasteiger partial charge in [-0.05, 0) is 25.3 Å². The standard InChI is InChI=1S/C13H20N4O3S/c14-12-3-7-17(15-12)11-1-5-16(6-2-11)13(18)10-4-8-21(19,20)9-10/h3,7,10-11H,1-2,4-6,8-9H2,(H2,14,15). The average molecular weight is 312 g/mol. The average Bonchev–Trinajstić information content (AvgIpc) is 3.04. The zero-order valence-electron chi connectivity index (χ0n) is 11.8. The Bertz CT molecular complexity index is 632. The molecular weight excluding hydrogens is 292 g/mol. The van der Waals surface area contributed by atoms with Crippen molar-refractivity contribution in [2.24, 2.45) is 5.92 Å². The topological polar surface area (TPSA) is 98.3 Å². The van der Waals surface area contributed by atoms with Crippen LogP contribution >= 0.6 is 0 Å². The zero-order chi connectivity index (χ0) is 15.0. The number of anilines is 1. The van der Waals surface area contributed by atoms with Crippen LogP contribution in [-0.4, -0.2) is 53.6 Å². The van der Waals surface area contributed by atoms with Crippen LogP contribution in [0.15, 0.2) is 12.3 Å². The SMILES string of the molecule is Nc1ccn(C2CCN(C(=O)C3CCS(=O)(=O)C3)CC2)n1. The molecule has 116 valence electrons. The first kappa shape index (κ1) is 14.4. The molecule has 2 fully saturated rings. The fourth-order valence-corrected chi connectivity index (χ4v) is 4.89. The molecule has 1 unspecified atom stereocenters. The van der Waals surface area contributed by atoms with E-state index in [1.165, 1.54) is 0 Å². The van der Waals surface area contributed by atoms with E-state index in [2.05, 4.69) is 5.10 Å². The Labute approximate surface area is 124 Å². The lowest BCUT2D eigenvalue weighted by Crippen LogP contribution is -2.42. The van der Waals surface area contributed by atoms with E-state index in [-0.39, 0.29) is 29.4 Å². The summed E-state index contributed by atoms with van der Waals surface area (Å²) in [7, 11) is -3.01. The minimum Gasteiger partial charge on any atom is -0.382 e. The number of amides is 1. The fourth-order valence-electron chi connectivity index (χ4n) is 3.15. The van der Waals surface area contributed by atoms with E-state index < -0.39 is 9.84 Å². The van der Waals surface area contributed by atoms with Crippen LogP contribution in [0.4, 0.5) is 5.82 Å². The second-order valence-corrected chi connectivity index (χ2v) is 8.11. The first-order chi connectivity index (χ1) is 9.94. The van der Waals surface area contributed by atoms with Gasteiger partial charge in [-0.15, -0.1) is 0 Å². The Kier molecular flexibility index (Phi) is 3.64. The van der Waals surface area contributed by atoms with Crippen LogP contribution in [0.25, 0.3) is 0 Å². The molecule has 0 aliphatic carbocycles. The van der Waals surface area contributed by atoms with Crippen LogP contribution in [0, 0.1) is 5.92 Å². The number of aromatic nitrogens is 2. The first-order valence-electron chi connectivity index (χ1n) is 7.24. The molecule has 1 amide bonds. The van der Waals surface area contributed by atoms with Gasteiger partial charge in [-0.2, -0.15) is 5.10 Å². The highest BCUT2D eigenvalue weighted by molar-refractivity contribution is 7.91. The van der Waals surface area contributed by atoms with Gasteiger partial charge in [0.05, 0.1) is 23.5 Å². The number of nitrogens with two attached hydrogens (primary N) is 1. The zero-order valence-corrected chi connectivity index (χ0v) is 12.6. The minimum absolute atomic E-state index is 0.00509. The lowest BCUT2D eigenvalue weighted by molar-refractivity contribution is -0.136. The van der Waals surface area contributed by atoms with Crippen molar-refractivity contribution < 1.29 is 13.2 Å². The van der Waals surface area contributed by atoms with E-state index in [4.69, 9.17) is 5.73 Å². The van der Waals surface area contributed by atoms with Crippen molar-refractivity contribution in [2.75, 3.05) is 30.3 Å². The molecule has 2 aliphatic rings. The number of rotatable bonds is 2. The molecule has 7 nitrogen and oxygen atoms in total. The van der Waals surface area contributed by atoms with E-state index in [9.17, 15) is 13.2 Å².